The van der Waals surface area contributed by atoms with E-state index in [0.29, 0.717) is 16.7 Å². The van der Waals surface area contributed by atoms with E-state index in [1.807, 2.05) is 0 Å². The van der Waals surface area contributed by atoms with Gasteiger partial charge in [0.15, 0.2) is 0 Å². The van der Waals surface area contributed by atoms with Crippen LogP contribution in [0.5, 0.6) is 0 Å². The molecule has 0 heterocycles. The highest BCUT2D eigenvalue weighted by Gasteiger charge is 2.17. The van der Waals surface area contributed by atoms with Crippen molar-refractivity contribution in [3.05, 3.63) is 64.7 Å². The molecule has 2 aromatic rings. The Labute approximate surface area is 142 Å². The summed E-state index contributed by atoms with van der Waals surface area (Å²) < 4.78 is 26.3. The number of benzene rings is 2. The molecule has 1 atom stereocenters. The van der Waals surface area contributed by atoms with Crippen LogP contribution in [-0.4, -0.2) is 11.8 Å². The van der Waals surface area contributed by atoms with Crippen molar-refractivity contribution in [3.63, 3.8) is 0 Å². The zero-order valence-electron chi connectivity index (χ0n) is 12.8. The molecule has 0 aliphatic carbocycles. The summed E-state index contributed by atoms with van der Waals surface area (Å²) in [5.74, 6) is -2.38. The Kier molecular flexibility index (Phi) is 5.87. The Hall–Kier alpha value is -2.47. The summed E-state index contributed by atoms with van der Waals surface area (Å²) in [7, 11) is 0. The monoisotopic (exact) mass is 352 g/mol. The molecular weight excluding hydrogens is 338 g/mol. The van der Waals surface area contributed by atoms with Crippen LogP contribution in [0.25, 0.3) is 0 Å². The van der Waals surface area contributed by atoms with Crippen LogP contribution in [0, 0.1) is 11.6 Å². The van der Waals surface area contributed by atoms with Gasteiger partial charge in [0.1, 0.15) is 11.6 Å². The first-order valence-corrected chi connectivity index (χ1v) is 7.50. The molecule has 0 aliphatic heterocycles. The van der Waals surface area contributed by atoms with Gasteiger partial charge in [0, 0.05) is 23.7 Å². The van der Waals surface area contributed by atoms with Gasteiger partial charge >= 0.3 is 0 Å². The van der Waals surface area contributed by atoms with E-state index in [1.165, 1.54) is 6.92 Å². The van der Waals surface area contributed by atoms with Crippen LogP contribution in [0.3, 0.4) is 0 Å². The lowest BCUT2D eigenvalue weighted by molar-refractivity contribution is -0.120. The van der Waals surface area contributed by atoms with Crippen molar-refractivity contribution in [1.29, 1.82) is 0 Å². The van der Waals surface area contributed by atoms with E-state index >= 15 is 0 Å². The second-order valence-corrected chi connectivity index (χ2v) is 5.65. The molecule has 0 fully saturated rings. The van der Waals surface area contributed by atoms with Gasteiger partial charge in [0.05, 0.1) is 12.5 Å². The molecule has 0 bridgehead atoms. The van der Waals surface area contributed by atoms with Crippen molar-refractivity contribution in [3.8, 4) is 0 Å². The molecule has 2 aromatic carbocycles. The van der Waals surface area contributed by atoms with Gasteiger partial charge in [-0.1, -0.05) is 23.7 Å². The fourth-order valence-electron chi connectivity index (χ4n) is 2.22. The lowest BCUT2D eigenvalue weighted by atomic mass is 10.0. The lowest BCUT2D eigenvalue weighted by Crippen LogP contribution is -2.29. The highest BCUT2D eigenvalue weighted by atomic mass is 35.5. The van der Waals surface area contributed by atoms with E-state index in [1.54, 1.807) is 24.3 Å². The van der Waals surface area contributed by atoms with Crippen molar-refractivity contribution >= 4 is 29.1 Å². The predicted octanol–water partition coefficient (Wildman–Crippen LogP) is 3.82. The average molecular weight is 353 g/mol. The van der Waals surface area contributed by atoms with Gasteiger partial charge in [-0.3, -0.25) is 9.59 Å². The fourth-order valence-corrected chi connectivity index (χ4v) is 2.34. The summed E-state index contributed by atoms with van der Waals surface area (Å²) in [5, 5.41) is 5.60. The van der Waals surface area contributed by atoms with Crippen molar-refractivity contribution in [2.75, 3.05) is 5.32 Å². The number of carbonyl (C=O) groups excluding carboxylic acids is 2. The predicted molar refractivity (Wildman–Crippen MR) is 87.6 cm³/mol. The normalized spacial score (nSPS) is 11.7. The van der Waals surface area contributed by atoms with Crippen molar-refractivity contribution < 1.29 is 18.4 Å². The quantitative estimate of drug-likeness (QED) is 0.859. The largest absolute Gasteiger partial charge is 0.349 e. The van der Waals surface area contributed by atoms with Crippen LogP contribution in [-0.2, 0) is 9.59 Å². The molecule has 2 rings (SSSR count). The Bertz CT molecular complexity index is 731. The van der Waals surface area contributed by atoms with Gasteiger partial charge in [-0.2, -0.15) is 0 Å². The summed E-state index contributed by atoms with van der Waals surface area (Å²) in [5.41, 5.74) is 0.699. The molecule has 0 saturated carbocycles. The van der Waals surface area contributed by atoms with Crippen LogP contribution >= 0.6 is 11.6 Å². The molecule has 0 saturated heterocycles. The number of anilines is 1. The molecule has 7 heteroatoms. The third-order valence-corrected chi connectivity index (χ3v) is 3.44. The minimum Gasteiger partial charge on any atom is -0.349 e. The number of amides is 2. The number of halogens is 3. The molecule has 24 heavy (non-hydrogen) atoms. The smallest absolute Gasteiger partial charge is 0.226 e. The number of carbonyl (C=O) groups is 2. The topological polar surface area (TPSA) is 58.2 Å². The zero-order chi connectivity index (χ0) is 17.7. The van der Waals surface area contributed by atoms with Crippen molar-refractivity contribution in [1.82, 2.24) is 5.32 Å². The second-order valence-electron chi connectivity index (χ2n) is 5.22. The van der Waals surface area contributed by atoms with Gasteiger partial charge in [0.25, 0.3) is 0 Å². The lowest BCUT2D eigenvalue weighted by Gasteiger charge is -2.18. The maximum absolute atomic E-state index is 13.2. The third kappa shape index (κ3) is 5.31. The summed E-state index contributed by atoms with van der Waals surface area (Å²) >= 11 is 5.83. The van der Waals surface area contributed by atoms with Gasteiger partial charge in [0.2, 0.25) is 11.8 Å². The minimum absolute atomic E-state index is 0.00943. The van der Waals surface area contributed by atoms with E-state index in [2.05, 4.69) is 10.6 Å². The zero-order valence-corrected chi connectivity index (χ0v) is 13.5. The summed E-state index contributed by atoms with van der Waals surface area (Å²) in [6, 6.07) is 8.82. The molecule has 0 aliphatic rings. The summed E-state index contributed by atoms with van der Waals surface area (Å²) in [6.07, 6.45) is -0.0979. The summed E-state index contributed by atoms with van der Waals surface area (Å²) in [6.45, 7) is 1.34. The Morgan fingerprint density at radius 2 is 1.67 bits per heavy atom. The molecule has 2 N–H and O–H groups in total. The van der Waals surface area contributed by atoms with Gasteiger partial charge in [-0.25, -0.2) is 8.78 Å². The van der Waals surface area contributed by atoms with Gasteiger partial charge in [-0.05, 0) is 29.8 Å². The van der Waals surface area contributed by atoms with E-state index in [9.17, 15) is 18.4 Å². The van der Waals surface area contributed by atoms with E-state index in [-0.39, 0.29) is 18.0 Å². The molecule has 1 unspecified atom stereocenters. The first-order chi connectivity index (χ1) is 11.3. The maximum Gasteiger partial charge on any atom is 0.226 e. The number of nitrogens with one attached hydrogen (secondary N) is 2. The summed E-state index contributed by atoms with van der Waals surface area (Å²) in [4.78, 5) is 23.5. The first kappa shape index (κ1) is 17.9. The first-order valence-electron chi connectivity index (χ1n) is 7.12. The van der Waals surface area contributed by atoms with Gasteiger partial charge in [-0.15, -0.1) is 0 Å². The van der Waals surface area contributed by atoms with E-state index in [4.69, 9.17) is 11.6 Å². The van der Waals surface area contributed by atoms with Crippen LogP contribution < -0.4 is 10.6 Å². The second kappa shape index (κ2) is 7.88. The third-order valence-electron chi connectivity index (χ3n) is 3.19. The molecule has 4 nitrogen and oxygen atoms in total. The van der Waals surface area contributed by atoms with Crippen LogP contribution in [0.15, 0.2) is 42.5 Å². The minimum atomic E-state index is -0.790. The van der Waals surface area contributed by atoms with Crippen LogP contribution in [0.1, 0.15) is 24.9 Å². The van der Waals surface area contributed by atoms with E-state index in [0.717, 1.165) is 12.1 Å². The van der Waals surface area contributed by atoms with Crippen LogP contribution in [0.2, 0.25) is 5.02 Å². The molecule has 0 spiro atoms. The van der Waals surface area contributed by atoms with Crippen LogP contribution in [0.4, 0.5) is 14.5 Å². The molecular formula is C17H15ClF2N2O2. The Morgan fingerprint density at radius 3 is 2.21 bits per heavy atom. The number of hydrogen-bond donors (Lipinski definition) is 2. The van der Waals surface area contributed by atoms with Crippen molar-refractivity contribution in [2.24, 2.45) is 0 Å². The Balaban J connectivity index is 2.11. The SMILES string of the molecule is CC(=O)NC(CC(=O)Nc1cc(F)cc(F)c1)c1ccc(Cl)cc1. The standard InChI is InChI=1S/C17H15ClF2N2O2/c1-10(23)21-16(11-2-4-12(18)5-3-11)9-17(24)22-15-7-13(19)6-14(20)8-15/h2-8,16H,9H2,1H3,(H,21,23)(H,22,24). The molecule has 2 amide bonds. The highest BCUT2D eigenvalue weighted by Crippen LogP contribution is 2.21. The highest BCUT2D eigenvalue weighted by molar-refractivity contribution is 6.30. The average Bonchev–Trinajstić information content (AvgIpc) is 2.45. The maximum atomic E-state index is 13.2. The number of rotatable bonds is 5. The van der Waals surface area contributed by atoms with Gasteiger partial charge < -0.3 is 10.6 Å². The number of hydrogen-bond acceptors (Lipinski definition) is 2. The van der Waals surface area contributed by atoms with Crippen molar-refractivity contribution in [2.45, 2.75) is 19.4 Å². The molecule has 126 valence electrons. The fraction of sp³-hybridized carbons (Fsp3) is 0.176. The Morgan fingerprint density at radius 1 is 1.08 bits per heavy atom. The molecule has 0 radical (unpaired) electrons. The molecule has 0 aromatic heterocycles. The van der Waals surface area contributed by atoms with E-state index < -0.39 is 23.6 Å².